The number of ketones is 2. The third-order valence-corrected chi connectivity index (χ3v) is 4.21. The van der Waals surface area contributed by atoms with Crippen molar-refractivity contribution < 1.29 is 14.7 Å². The largest absolute Gasteiger partial charge is 0.507 e. The van der Waals surface area contributed by atoms with Gasteiger partial charge in [-0.2, -0.15) is 0 Å². The van der Waals surface area contributed by atoms with Crippen molar-refractivity contribution in [3.05, 3.63) is 58.1 Å². The van der Waals surface area contributed by atoms with Crippen LogP contribution in [-0.2, 0) is 0 Å². The molecule has 0 saturated heterocycles. The van der Waals surface area contributed by atoms with Crippen LogP contribution in [0.2, 0.25) is 0 Å². The van der Waals surface area contributed by atoms with E-state index in [0.717, 1.165) is 19.4 Å². The summed E-state index contributed by atoms with van der Waals surface area (Å²) in [5.74, 6) is -0.617. The number of rotatable bonds is 4. The number of aromatic hydroxyl groups is 1. The third-order valence-electron chi connectivity index (χ3n) is 4.21. The van der Waals surface area contributed by atoms with Gasteiger partial charge in [0, 0.05) is 23.4 Å². The molecule has 23 heavy (non-hydrogen) atoms. The molecule has 0 saturated carbocycles. The molecular weight excluding hydrogens is 290 g/mol. The molecule has 0 fully saturated rings. The molecule has 0 spiro atoms. The van der Waals surface area contributed by atoms with Crippen LogP contribution in [0.3, 0.4) is 0 Å². The second-order valence-corrected chi connectivity index (χ2v) is 5.82. The van der Waals surface area contributed by atoms with Crippen molar-refractivity contribution in [3.8, 4) is 5.75 Å². The Labute approximate surface area is 135 Å². The van der Waals surface area contributed by atoms with Gasteiger partial charge >= 0.3 is 0 Å². The summed E-state index contributed by atoms with van der Waals surface area (Å²) in [6, 6.07) is 8.49. The monoisotopic (exact) mass is 309 g/mol. The number of carbonyl (C=O) groups is 2. The lowest BCUT2D eigenvalue weighted by atomic mass is 9.81. The van der Waals surface area contributed by atoms with Crippen molar-refractivity contribution in [2.75, 3.05) is 11.9 Å². The summed E-state index contributed by atoms with van der Waals surface area (Å²) < 4.78 is 0. The molecule has 1 aliphatic rings. The second kappa shape index (κ2) is 5.88. The minimum Gasteiger partial charge on any atom is -0.507 e. The number of benzene rings is 2. The van der Waals surface area contributed by atoms with Gasteiger partial charge in [-0.25, -0.2) is 0 Å². The molecule has 2 N–H and O–H groups in total. The molecule has 0 bridgehead atoms. The van der Waals surface area contributed by atoms with E-state index in [9.17, 15) is 14.7 Å². The highest BCUT2D eigenvalue weighted by Crippen LogP contribution is 2.39. The predicted octanol–water partition coefficient (Wildman–Crippen LogP) is 3.69. The maximum absolute atomic E-state index is 12.9. The van der Waals surface area contributed by atoms with Gasteiger partial charge in [-0.15, -0.1) is 0 Å². The van der Waals surface area contributed by atoms with Crippen molar-refractivity contribution in [1.29, 1.82) is 0 Å². The first-order valence-corrected chi connectivity index (χ1v) is 7.85. The van der Waals surface area contributed by atoms with E-state index in [0.29, 0.717) is 22.4 Å². The number of phenols is 1. The lowest BCUT2D eigenvalue weighted by molar-refractivity contribution is 0.0977. The van der Waals surface area contributed by atoms with Gasteiger partial charge < -0.3 is 10.4 Å². The van der Waals surface area contributed by atoms with Gasteiger partial charge in [0.15, 0.2) is 11.6 Å². The maximum atomic E-state index is 12.9. The number of fused-ring (bicyclic) bond motifs is 2. The number of carbonyl (C=O) groups excluding carboxylic acids is 2. The lowest BCUT2D eigenvalue weighted by Gasteiger charge is -2.22. The van der Waals surface area contributed by atoms with Gasteiger partial charge in [0.2, 0.25) is 0 Å². The molecule has 4 nitrogen and oxygen atoms in total. The predicted molar refractivity (Wildman–Crippen MR) is 89.5 cm³/mol. The van der Waals surface area contributed by atoms with Crippen LogP contribution in [0, 0.1) is 6.92 Å². The SMILES string of the molecule is CCCCNc1cc(C)c(O)c2c1C(=O)c1ccccc1C2=O. The molecule has 0 amide bonds. The standard InChI is InChI=1S/C19H19NO3/c1-3-4-9-20-14-10-11(2)17(21)16-15(14)18(22)12-7-5-6-8-13(12)19(16)23/h5-8,10,20-21H,3-4,9H2,1-2H3. The molecule has 0 heterocycles. The van der Waals surface area contributed by atoms with Crippen molar-refractivity contribution in [3.63, 3.8) is 0 Å². The number of nitrogens with one attached hydrogen (secondary N) is 1. The first kappa shape index (κ1) is 15.3. The molecule has 2 aromatic carbocycles. The van der Waals surface area contributed by atoms with Gasteiger partial charge in [-0.05, 0) is 25.0 Å². The van der Waals surface area contributed by atoms with E-state index >= 15 is 0 Å². The third kappa shape index (κ3) is 2.40. The quantitative estimate of drug-likeness (QED) is 0.570. The fraction of sp³-hybridized carbons (Fsp3) is 0.263. The number of phenolic OH excluding ortho intramolecular Hbond substituents is 1. The minimum atomic E-state index is -0.296. The van der Waals surface area contributed by atoms with Crippen molar-refractivity contribution in [2.45, 2.75) is 26.7 Å². The van der Waals surface area contributed by atoms with Crippen LogP contribution >= 0.6 is 0 Å². The van der Waals surface area contributed by atoms with E-state index in [1.807, 2.05) is 0 Å². The molecule has 0 aliphatic heterocycles. The van der Waals surface area contributed by atoms with Crippen LogP contribution in [0.25, 0.3) is 0 Å². The first-order valence-electron chi connectivity index (χ1n) is 7.85. The number of hydrogen-bond acceptors (Lipinski definition) is 4. The highest BCUT2D eigenvalue weighted by atomic mass is 16.3. The van der Waals surface area contributed by atoms with Crippen LogP contribution in [0.5, 0.6) is 5.75 Å². The maximum Gasteiger partial charge on any atom is 0.198 e. The second-order valence-electron chi connectivity index (χ2n) is 5.82. The van der Waals surface area contributed by atoms with Crippen LogP contribution in [0.1, 0.15) is 57.2 Å². The summed E-state index contributed by atoms with van der Waals surface area (Å²) >= 11 is 0. The summed E-state index contributed by atoms with van der Waals surface area (Å²) in [5.41, 5.74) is 2.36. The van der Waals surface area contributed by atoms with Crippen molar-refractivity contribution in [1.82, 2.24) is 0 Å². The smallest absolute Gasteiger partial charge is 0.198 e. The molecule has 0 radical (unpaired) electrons. The minimum absolute atomic E-state index is 0.103. The van der Waals surface area contributed by atoms with Gasteiger partial charge in [0.25, 0.3) is 0 Å². The average Bonchev–Trinajstić information content (AvgIpc) is 2.56. The Morgan fingerprint density at radius 1 is 1.04 bits per heavy atom. The van der Waals surface area contributed by atoms with Crippen molar-refractivity contribution >= 4 is 17.3 Å². The molecule has 1 aliphatic carbocycles. The van der Waals surface area contributed by atoms with E-state index < -0.39 is 0 Å². The van der Waals surface area contributed by atoms with Gasteiger partial charge in [-0.3, -0.25) is 9.59 Å². The average molecular weight is 309 g/mol. The van der Waals surface area contributed by atoms with Crippen LogP contribution in [0.15, 0.2) is 30.3 Å². The van der Waals surface area contributed by atoms with E-state index in [1.165, 1.54) is 0 Å². The fourth-order valence-electron chi connectivity index (χ4n) is 2.95. The van der Waals surface area contributed by atoms with E-state index in [-0.39, 0.29) is 28.4 Å². The van der Waals surface area contributed by atoms with Crippen molar-refractivity contribution in [2.24, 2.45) is 0 Å². The number of anilines is 1. The number of unbranched alkanes of at least 4 members (excludes halogenated alkanes) is 1. The summed E-state index contributed by atoms with van der Waals surface area (Å²) in [6.07, 6.45) is 2.00. The Bertz CT molecular complexity index is 809. The number of hydrogen-bond donors (Lipinski definition) is 2. The van der Waals surface area contributed by atoms with Crippen LogP contribution in [-0.4, -0.2) is 23.2 Å². The van der Waals surface area contributed by atoms with Gasteiger partial charge in [0.05, 0.1) is 11.1 Å². The first-order chi connectivity index (χ1) is 11.1. The number of aryl methyl sites for hydroxylation is 1. The van der Waals surface area contributed by atoms with Crippen LogP contribution in [0.4, 0.5) is 5.69 Å². The molecule has 118 valence electrons. The summed E-state index contributed by atoms with van der Waals surface area (Å²) in [7, 11) is 0. The highest BCUT2D eigenvalue weighted by molar-refractivity contribution is 6.31. The Morgan fingerprint density at radius 2 is 1.65 bits per heavy atom. The van der Waals surface area contributed by atoms with E-state index in [2.05, 4.69) is 12.2 Å². The molecular formula is C19H19NO3. The highest BCUT2D eigenvalue weighted by Gasteiger charge is 2.34. The summed E-state index contributed by atoms with van der Waals surface area (Å²) in [4.78, 5) is 25.6. The topological polar surface area (TPSA) is 66.4 Å². The fourth-order valence-corrected chi connectivity index (χ4v) is 2.95. The van der Waals surface area contributed by atoms with Gasteiger partial charge in [0.1, 0.15) is 5.75 Å². The Hall–Kier alpha value is -2.62. The Kier molecular flexibility index (Phi) is 3.90. The Morgan fingerprint density at radius 3 is 2.26 bits per heavy atom. The summed E-state index contributed by atoms with van der Waals surface area (Å²) in [6.45, 7) is 4.54. The van der Waals surface area contributed by atoms with E-state index in [1.54, 1.807) is 37.3 Å². The van der Waals surface area contributed by atoms with E-state index in [4.69, 9.17) is 0 Å². The zero-order valence-electron chi connectivity index (χ0n) is 13.3. The van der Waals surface area contributed by atoms with Gasteiger partial charge in [-0.1, -0.05) is 37.6 Å². The zero-order valence-corrected chi connectivity index (χ0v) is 13.3. The normalized spacial score (nSPS) is 12.8. The molecule has 0 unspecified atom stereocenters. The van der Waals surface area contributed by atoms with Crippen LogP contribution < -0.4 is 5.32 Å². The molecule has 0 aromatic heterocycles. The molecule has 0 atom stereocenters. The summed E-state index contributed by atoms with van der Waals surface area (Å²) in [5, 5.41) is 13.6. The lowest BCUT2D eigenvalue weighted by Crippen LogP contribution is -2.23. The zero-order chi connectivity index (χ0) is 16.6. The Balaban J connectivity index is 2.20. The molecule has 3 rings (SSSR count). The molecule has 4 heteroatoms. The molecule has 2 aromatic rings.